The summed E-state index contributed by atoms with van der Waals surface area (Å²) < 4.78 is 19.5. The average Bonchev–Trinajstić information content (AvgIpc) is 3.53. The first-order valence-electron chi connectivity index (χ1n) is 26.5. The van der Waals surface area contributed by atoms with Gasteiger partial charge < -0.3 is 39.0 Å². The van der Waals surface area contributed by atoms with Gasteiger partial charge in [0, 0.05) is 90.9 Å². The van der Waals surface area contributed by atoms with Gasteiger partial charge in [-0.3, -0.25) is 33.8 Å². The second kappa shape index (κ2) is 35.7. The molecular weight excluding hydrogens is 1190 g/mol. The molecule has 3 unspecified atom stereocenters. The molecule has 18 nitrogen and oxygen atoms in total. The van der Waals surface area contributed by atoms with Crippen LogP contribution in [0.3, 0.4) is 0 Å². The first-order valence-corrected chi connectivity index (χ1v) is 28.9. The van der Waals surface area contributed by atoms with Gasteiger partial charge in [0.1, 0.15) is 28.2 Å². The number of rotatable bonds is 16. The van der Waals surface area contributed by atoms with Crippen LogP contribution in [0.25, 0.3) is 0 Å². The molecule has 0 saturated heterocycles. The third kappa shape index (κ3) is 21.7. The fourth-order valence-electron chi connectivity index (χ4n) is 9.49. The molecule has 3 fully saturated rings. The molecule has 2 N–H and O–H groups in total. The van der Waals surface area contributed by atoms with E-state index in [4.69, 9.17) is 88.9 Å². The maximum absolute atomic E-state index is 13.0. The van der Waals surface area contributed by atoms with E-state index >= 15 is 0 Å². The number of Topliss-reactive ketones (excluding diaryl/α,β-unsaturated/α-hetero) is 5. The molecule has 3 saturated carbocycles. The number of carboxylic acids is 1. The van der Waals surface area contributed by atoms with E-state index in [1.165, 1.54) is 44.5 Å². The number of aliphatic carboxylic acids is 1. The molecule has 3 aromatic rings. The number of hydrogen-bond acceptors (Lipinski definition) is 15. The third-order valence-electron chi connectivity index (χ3n) is 13.5. The number of ether oxygens (including phenoxy) is 4. The number of benzene rings is 3. The van der Waals surface area contributed by atoms with Crippen molar-refractivity contribution in [2.45, 2.75) is 171 Å². The van der Waals surface area contributed by atoms with Crippen LogP contribution in [0.15, 0.2) is 72.8 Å². The van der Waals surface area contributed by atoms with Gasteiger partial charge in [0.25, 0.3) is 0 Å². The summed E-state index contributed by atoms with van der Waals surface area (Å²) in [6, 6.07) is 21.7. The summed E-state index contributed by atoms with van der Waals surface area (Å²) in [5.74, 6) is -1.64. The van der Waals surface area contributed by atoms with Gasteiger partial charge in [-0.05, 0) is 110 Å². The van der Waals surface area contributed by atoms with Crippen molar-refractivity contribution < 1.29 is 72.0 Å². The van der Waals surface area contributed by atoms with Gasteiger partial charge in [-0.2, -0.15) is 0 Å². The van der Waals surface area contributed by atoms with Gasteiger partial charge in [0.05, 0.1) is 12.8 Å². The highest BCUT2D eigenvalue weighted by Gasteiger charge is 2.50. The minimum absolute atomic E-state index is 0.0199. The molecule has 0 spiro atoms. The van der Waals surface area contributed by atoms with Crippen LogP contribution in [0.1, 0.15) is 154 Å². The average molecular weight is 1260 g/mol. The smallest absolute Gasteiger partial charge is 0.413 e. The Morgan fingerprint density at radius 2 is 0.927 bits per heavy atom. The number of carbonyl (C=O) groups is 10. The van der Waals surface area contributed by atoms with Crippen molar-refractivity contribution in [3.05, 3.63) is 105 Å². The molecule has 6 atom stereocenters. The predicted molar refractivity (Wildman–Crippen MR) is 313 cm³/mol. The number of esters is 1. The van der Waals surface area contributed by atoms with Gasteiger partial charge in [0.15, 0.2) is 28.5 Å². The number of ketones is 5. The lowest BCUT2D eigenvalue weighted by atomic mass is 9.74. The van der Waals surface area contributed by atoms with Crippen molar-refractivity contribution in [1.82, 2.24) is 15.1 Å². The number of carboxylic acid groups (broad SMARTS) is 1. The van der Waals surface area contributed by atoms with Gasteiger partial charge in [-0.25, -0.2) is 14.4 Å². The van der Waals surface area contributed by atoms with Crippen LogP contribution >= 0.6 is 69.6 Å². The number of carbonyl (C=O) groups excluding carboxylic acids is 9. The number of alkyl halides is 2. The molecule has 2 amide bonds. The fraction of sp³-hybridized carbons (Fsp3) is 0.517. The van der Waals surface area contributed by atoms with Gasteiger partial charge in [0.2, 0.25) is 6.29 Å². The lowest BCUT2D eigenvalue weighted by molar-refractivity contribution is -0.168. The number of likely N-dealkylation sites (N-methyl/N-ethyl adjacent to an activating group) is 3. The summed E-state index contributed by atoms with van der Waals surface area (Å²) in [6.45, 7) is 7.21. The lowest BCUT2D eigenvalue weighted by Gasteiger charge is -2.43. The van der Waals surface area contributed by atoms with Crippen molar-refractivity contribution in [1.29, 1.82) is 0 Å². The molecular formula is C58H73Cl6N3O15. The monoisotopic (exact) mass is 1260 g/mol. The van der Waals surface area contributed by atoms with Crippen LogP contribution in [-0.2, 0) is 69.1 Å². The fourth-order valence-corrected chi connectivity index (χ4v) is 10.7. The first-order chi connectivity index (χ1) is 38.5. The zero-order chi connectivity index (χ0) is 62.0. The molecule has 452 valence electrons. The van der Waals surface area contributed by atoms with Crippen LogP contribution < -0.4 is 5.32 Å². The number of halogens is 6. The molecule has 6 rings (SSSR count). The number of nitrogens with zero attached hydrogens (tertiary/aromatic N) is 2. The van der Waals surface area contributed by atoms with E-state index in [9.17, 15) is 47.9 Å². The SMILES string of the molecule is CC(=O)CCC(=O)O.CC(=O)CCC(=O)OC(C)OC(=O)N(C)[C@@]1(c2ccccc2Cl)CCCCC1=O.CC(Cl)OC(=O)Cl.CC(Cl)OC(=O)N(C)[C@@]1(c2ccccc2Cl)CCCCC1=O.CN[C@]1(c2ccccc2Cl)CCCCC1=O. The summed E-state index contributed by atoms with van der Waals surface area (Å²) in [5.41, 5.74) is -3.03. The molecule has 82 heavy (non-hydrogen) atoms. The number of nitrogens with one attached hydrogen (secondary N) is 1. The third-order valence-corrected chi connectivity index (χ3v) is 14.8. The minimum Gasteiger partial charge on any atom is -0.481 e. The Labute approximate surface area is 509 Å². The second-order valence-corrected chi connectivity index (χ2v) is 22.1. The molecule has 0 bridgehead atoms. The Bertz CT molecular complexity index is 2680. The largest absolute Gasteiger partial charge is 0.481 e. The van der Waals surface area contributed by atoms with Crippen LogP contribution in [0, 0.1) is 0 Å². The summed E-state index contributed by atoms with van der Waals surface area (Å²) in [6.07, 6.45) is 5.89. The first kappa shape index (κ1) is 72.8. The van der Waals surface area contributed by atoms with E-state index in [2.05, 4.69) is 10.1 Å². The molecule has 24 heteroatoms. The summed E-state index contributed by atoms with van der Waals surface area (Å²) in [4.78, 5) is 118. The molecule has 0 heterocycles. The molecule has 3 aliphatic carbocycles. The standard InChI is InChI=1S/C21H26ClNO6.C16H19Cl2NO3.C13H16ClNO.C5H8O3.C3H4Cl2O2/c1-14(24)11-12-19(26)28-15(2)29-20(27)23(3)21(13-7-6-10-18(21)25)16-8-4-5-9-17(16)22;1-11(17)22-15(21)19(2)16(10-6-5-9-14(16)20)12-7-3-4-8-13(12)18;1-15-13(9-5-4-8-12(13)16)10-6-2-3-7-11(10)14;1-4(6)2-3-5(7)8;1-2(4)7-3(5)6/h4-5,8-9,15H,6-7,10-13H2,1-3H3;3-4,7-8,11H,5-6,9-10H2,1-2H3;2-3,6-7,15H,4-5,8-9H2,1H3;2-3H2,1H3,(H,7,8);2H,1H3/t15?,21-;11?,16-;13-;;/m110../s1. The van der Waals surface area contributed by atoms with E-state index in [0.29, 0.717) is 58.3 Å². The van der Waals surface area contributed by atoms with Gasteiger partial charge in [-0.15, -0.1) is 0 Å². The highest BCUT2D eigenvalue weighted by Crippen LogP contribution is 2.44. The molecule has 3 aromatic carbocycles. The molecule has 0 radical (unpaired) electrons. The van der Waals surface area contributed by atoms with Gasteiger partial charge >= 0.3 is 29.6 Å². The Balaban J connectivity index is 0.000000382. The molecule has 0 aromatic heterocycles. The highest BCUT2D eigenvalue weighted by atomic mass is 35.5. The topological polar surface area (TPSA) is 246 Å². The Morgan fingerprint density at radius 1 is 0.549 bits per heavy atom. The lowest BCUT2D eigenvalue weighted by Crippen LogP contribution is -2.54. The van der Waals surface area contributed by atoms with Crippen molar-refractivity contribution in [3.63, 3.8) is 0 Å². The number of hydrogen-bond donors (Lipinski definition) is 2. The van der Waals surface area contributed by atoms with Crippen LogP contribution in [0.2, 0.25) is 15.1 Å². The zero-order valence-corrected chi connectivity index (χ0v) is 51.8. The summed E-state index contributed by atoms with van der Waals surface area (Å²) in [5, 5.41) is 12.7. The molecule has 3 aliphatic rings. The van der Waals surface area contributed by atoms with Crippen LogP contribution in [-0.4, -0.2) is 112 Å². The summed E-state index contributed by atoms with van der Waals surface area (Å²) >= 11 is 34.5. The minimum atomic E-state index is -1.23. The van der Waals surface area contributed by atoms with Crippen LogP contribution in [0.5, 0.6) is 0 Å². The number of amides is 2. The van der Waals surface area contributed by atoms with Crippen molar-refractivity contribution in [3.8, 4) is 0 Å². The van der Waals surface area contributed by atoms with Crippen molar-refractivity contribution >= 4 is 128 Å². The van der Waals surface area contributed by atoms with Crippen molar-refractivity contribution in [2.75, 3.05) is 21.1 Å². The van der Waals surface area contributed by atoms with Crippen molar-refractivity contribution in [2.24, 2.45) is 0 Å². The Morgan fingerprint density at radius 3 is 1.26 bits per heavy atom. The maximum atomic E-state index is 13.0. The van der Waals surface area contributed by atoms with E-state index in [1.54, 1.807) is 56.4 Å². The van der Waals surface area contributed by atoms with E-state index in [0.717, 1.165) is 50.5 Å². The Hall–Kier alpha value is -5.34. The predicted octanol–water partition coefficient (Wildman–Crippen LogP) is 13.6. The molecule has 0 aliphatic heterocycles. The highest BCUT2D eigenvalue weighted by molar-refractivity contribution is 6.61. The normalized spacial score (nSPS) is 20.2. The quantitative estimate of drug-likeness (QED) is 0.0445. The van der Waals surface area contributed by atoms with E-state index < -0.39 is 63.6 Å². The van der Waals surface area contributed by atoms with Crippen LogP contribution in [0.4, 0.5) is 14.4 Å². The van der Waals surface area contributed by atoms with E-state index in [1.807, 2.05) is 37.4 Å². The summed E-state index contributed by atoms with van der Waals surface area (Å²) in [7, 11) is 4.89. The zero-order valence-electron chi connectivity index (χ0n) is 47.3. The van der Waals surface area contributed by atoms with Gasteiger partial charge in [-0.1, -0.05) is 119 Å². The maximum Gasteiger partial charge on any atom is 0.413 e. The second-order valence-electron chi connectivity index (χ2n) is 19.4. The Kier molecular flexibility index (Phi) is 31.7. The van der Waals surface area contributed by atoms with E-state index in [-0.39, 0.29) is 54.6 Å².